The van der Waals surface area contributed by atoms with Gasteiger partial charge in [-0.15, -0.1) is 34.5 Å². The van der Waals surface area contributed by atoms with Gasteiger partial charge in [-0.05, 0) is 25.6 Å². The molecule has 17 heavy (non-hydrogen) atoms. The molecule has 1 aromatic heterocycles. The van der Waals surface area contributed by atoms with Gasteiger partial charge in [0.15, 0.2) is 10.2 Å². The third-order valence-corrected chi connectivity index (χ3v) is 4.63. The first-order valence-corrected chi connectivity index (χ1v) is 6.79. The van der Waals surface area contributed by atoms with Gasteiger partial charge in [-0.1, -0.05) is 0 Å². The molecule has 2 rings (SSSR count). The number of thiazole rings is 1. The Balaban J connectivity index is 1.90. The minimum atomic E-state index is -0.992. The molecular weight excluding hydrogens is 301 g/mol. The fourth-order valence-electron chi connectivity index (χ4n) is 1.30. The summed E-state index contributed by atoms with van der Waals surface area (Å²) in [6.45, 7) is 1.70. The van der Waals surface area contributed by atoms with Crippen LogP contribution in [0.1, 0.15) is 13.3 Å². The number of alkyl halides is 2. The molecular formula is C9H9Cl2N3OS2. The fourth-order valence-corrected chi connectivity index (χ4v) is 2.79. The molecule has 4 nitrogen and oxygen atoms in total. The summed E-state index contributed by atoms with van der Waals surface area (Å²) >= 11 is 18.2. The van der Waals surface area contributed by atoms with Crippen molar-refractivity contribution < 1.29 is 4.79 Å². The van der Waals surface area contributed by atoms with Crippen LogP contribution in [0.3, 0.4) is 0 Å². The molecule has 0 radical (unpaired) electrons. The zero-order valence-corrected chi connectivity index (χ0v) is 11.9. The number of rotatable bonds is 2. The largest absolute Gasteiger partial charge is 0.308 e. The number of thiocarbonyl (C=S) groups is 1. The third kappa shape index (κ3) is 2.54. The molecule has 1 saturated carbocycles. The second-order valence-corrected chi connectivity index (χ2v) is 6.75. The molecule has 1 heterocycles. The number of anilines is 1. The molecule has 1 atom stereocenters. The van der Waals surface area contributed by atoms with Crippen molar-refractivity contribution in [2.75, 3.05) is 5.32 Å². The molecule has 1 aliphatic rings. The molecule has 0 saturated heterocycles. The Bertz CT molecular complexity index is 463. The van der Waals surface area contributed by atoms with Gasteiger partial charge >= 0.3 is 0 Å². The summed E-state index contributed by atoms with van der Waals surface area (Å²) in [6.07, 6.45) is 2.07. The van der Waals surface area contributed by atoms with Crippen LogP contribution in [0, 0.1) is 5.41 Å². The van der Waals surface area contributed by atoms with Crippen LogP contribution in [0.4, 0.5) is 5.13 Å². The average molecular weight is 310 g/mol. The summed E-state index contributed by atoms with van der Waals surface area (Å²) in [6, 6.07) is 0. The predicted molar refractivity (Wildman–Crippen MR) is 73.6 cm³/mol. The summed E-state index contributed by atoms with van der Waals surface area (Å²) < 4.78 is -0.992. The van der Waals surface area contributed by atoms with E-state index in [-0.39, 0.29) is 11.0 Å². The van der Waals surface area contributed by atoms with Crippen molar-refractivity contribution in [3.63, 3.8) is 0 Å². The van der Waals surface area contributed by atoms with Gasteiger partial charge in [0.25, 0.3) is 0 Å². The standard InChI is InChI=1S/C9H9Cl2N3OS2/c1-8(4-9(8,10)11)5(15)13-6(16)14-7-12-2-3-17-7/h2-3H,4H2,1H3,(H2,12,13,14,15,16)/t8-/m0/s1. The topological polar surface area (TPSA) is 54.0 Å². The molecule has 1 fully saturated rings. The summed E-state index contributed by atoms with van der Waals surface area (Å²) in [4.78, 5) is 15.8. The minimum absolute atomic E-state index is 0.196. The molecule has 0 aromatic carbocycles. The number of nitrogens with zero attached hydrogens (tertiary/aromatic N) is 1. The lowest BCUT2D eigenvalue weighted by molar-refractivity contribution is -0.124. The number of carbonyl (C=O) groups is 1. The van der Waals surface area contributed by atoms with E-state index in [4.69, 9.17) is 35.4 Å². The number of amides is 1. The van der Waals surface area contributed by atoms with Gasteiger partial charge in [-0.25, -0.2) is 4.98 Å². The Morgan fingerprint density at radius 1 is 1.65 bits per heavy atom. The molecule has 1 amide bonds. The molecule has 0 bridgehead atoms. The first kappa shape index (κ1) is 13.0. The Morgan fingerprint density at radius 2 is 2.29 bits per heavy atom. The van der Waals surface area contributed by atoms with Crippen LogP contribution in [0.2, 0.25) is 0 Å². The van der Waals surface area contributed by atoms with E-state index in [9.17, 15) is 4.79 Å². The van der Waals surface area contributed by atoms with E-state index < -0.39 is 9.75 Å². The number of hydrogen-bond acceptors (Lipinski definition) is 4. The number of hydrogen-bond donors (Lipinski definition) is 2. The van der Waals surface area contributed by atoms with Crippen LogP contribution in [0.15, 0.2) is 11.6 Å². The number of aromatic nitrogens is 1. The van der Waals surface area contributed by atoms with Crippen LogP contribution in [-0.4, -0.2) is 20.3 Å². The second-order valence-electron chi connectivity index (χ2n) is 3.96. The van der Waals surface area contributed by atoms with Gasteiger partial charge in [0.2, 0.25) is 5.91 Å². The molecule has 0 spiro atoms. The van der Waals surface area contributed by atoms with Gasteiger partial charge < -0.3 is 10.6 Å². The lowest BCUT2D eigenvalue weighted by Gasteiger charge is -2.13. The molecule has 0 unspecified atom stereocenters. The zero-order valence-electron chi connectivity index (χ0n) is 8.79. The van der Waals surface area contributed by atoms with Gasteiger partial charge in [-0.3, -0.25) is 4.79 Å². The molecule has 2 N–H and O–H groups in total. The maximum atomic E-state index is 11.9. The van der Waals surface area contributed by atoms with E-state index >= 15 is 0 Å². The van der Waals surface area contributed by atoms with Crippen molar-refractivity contribution in [1.82, 2.24) is 10.3 Å². The van der Waals surface area contributed by atoms with Gasteiger partial charge in [0.1, 0.15) is 4.33 Å². The van der Waals surface area contributed by atoms with Crippen LogP contribution < -0.4 is 10.6 Å². The molecule has 1 aliphatic carbocycles. The smallest absolute Gasteiger partial charge is 0.235 e. The zero-order chi connectivity index (χ0) is 12.7. The Kier molecular flexibility index (Phi) is 3.33. The highest BCUT2D eigenvalue weighted by molar-refractivity contribution is 7.80. The van der Waals surface area contributed by atoms with Gasteiger partial charge in [-0.2, -0.15) is 0 Å². The summed E-state index contributed by atoms with van der Waals surface area (Å²) in [5, 5.41) is 7.98. The second kappa shape index (κ2) is 4.35. The lowest BCUT2D eigenvalue weighted by Crippen LogP contribution is -2.40. The number of nitrogens with one attached hydrogen (secondary N) is 2. The quantitative estimate of drug-likeness (QED) is 0.651. The normalized spacial score (nSPS) is 25.1. The summed E-state index contributed by atoms with van der Waals surface area (Å²) in [5.41, 5.74) is -0.773. The highest BCUT2D eigenvalue weighted by Gasteiger charge is 2.68. The number of carbonyl (C=O) groups excluding carboxylic acids is 1. The van der Waals surface area contributed by atoms with Crippen LogP contribution in [-0.2, 0) is 4.79 Å². The monoisotopic (exact) mass is 309 g/mol. The summed E-state index contributed by atoms with van der Waals surface area (Å²) in [7, 11) is 0. The van der Waals surface area contributed by atoms with E-state index in [1.54, 1.807) is 18.5 Å². The van der Waals surface area contributed by atoms with Crippen molar-refractivity contribution in [3.8, 4) is 0 Å². The first-order valence-electron chi connectivity index (χ1n) is 4.75. The molecule has 0 aliphatic heterocycles. The van der Waals surface area contributed by atoms with Crippen molar-refractivity contribution in [2.45, 2.75) is 17.7 Å². The highest BCUT2D eigenvalue weighted by Crippen LogP contribution is 2.63. The maximum absolute atomic E-state index is 11.9. The van der Waals surface area contributed by atoms with Crippen LogP contribution >= 0.6 is 46.8 Å². The number of halogens is 2. The van der Waals surface area contributed by atoms with Crippen molar-refractivity contribution >= 4 is 62.9 Å². The van der Waals surface area contributed by atoms with Gasteiger partial charge in [0, 0.05) is 11.6 Å². The fraction of sp³-hybridized carbons (Fsp3) is 0.444. The van der Waals surface area contributed by atoms with Crippen LogP contribution in [0.25, 0.3) is 0 Å². The van der Waals surface area contributed by atoms with Crippen LogP contribution in [0.5, 0.6) is 0 Å². The highest BCUT2D eigenvalue weighted by atomic mass is 35.5. The van der Waals surface area contributed by atoms with E-state index in [1.165, 1.54) is 11.3 Å². The van der Waals surface area contributed by atoms with Gasteiger partial charge in [0.05, 0.1) is 5.41 Å². The van der Waals surface area contributed by atoms with E-state index in [1.807, 2.05) is 0 Å². The Morgan fingerprint density at radius 3 is 2.76 bits per heavy atom. The maximum Gasteiger partial charge on any atom is 0.235 e. The minimum Gasteiger partial charge on any atom is -0.308 e. The Labute approximate surface area is 118 Å². The van der Waals surface area contributed by atoms with Crippen molar-refractivity contribution in [2.24, 2.45) is 5.41 Å². The molecule has 92 valence electrons. The molecule has 1 aromatic rings. The average Bonchev–Trinajstić information content (AvgIpc) is 2.64. The van der Waals surface area contributed by atoms with E-state index in [0.717, 1.165) is 0 Å². The third-order valence-electron chi connectivity index (χ3n) is 2.64. The van der Waals surface area contributed by atoms with E-state index in [2.05, 4.69) is 15.6 Å². The Hall–Kier alpha value is -0.430. The SMILES string of the molecule is C[C@@]1(C(=O)NC(=S)Nc2nccs2)CC1(Cl)Cl. The summed E-state index contributed by atoms with van der Waals surface area (Å²) in [5.74, 6) is -0.281. The molecule has 8 heteroatoms. The predicted octanol–water partition coefficient (Wildman–Crippen LogP) is 2.54. The van der Waals surface area contributed by atoms with Crippen molar-refractivity contribution in [1.29, 1.82) is 0 Å². The first-order chi connectivity index (χ1) is 7.85. The lowest BCUT2D eigenvalue weighted by atomic mass is 10.1. The van der Waals surface area contributed by atoms with Crippen molar-refractivity contribution in [3.05, 3.63) is 11.6 Å². The van der Waals surface area contributed by atoms with E-state index in [0.29, 0.717) is 11.6 Å².